The van der Waals surface area contributed by atoms with E-state index in [9.17, 15) is 14.7 Å². The number of carboxylic acids is 1. The zero-order valence-electron chi connectivity index (χ0n) is 26.3. The van der Waals surface area contributed by atoms with Crippen LogP contribution in [0, 0.1) is 0 Å². The average molecular weight is 654 g/mol. The number of rotatable bonds is 6. The van der Waals surface area contributed by atoms with Crippen LogP contribution < -0.4 is 10.1 Å². The number of imidazole rings is 1. The van der Waals surface area contributed by atoms with Crippen molar-refractivity contribution in [3.8, 4) is 17.0 Å². The molecule has 5 aromatic rings. The number of likely N-dealkylation sites (tertiary alicyclic amines) is 1. The van der Waals surface area contributed by atoms with Crippen molar-refractivity contribution in [1.82, 2.24) is 24.8 Å². The predicted octanol–water partition coefficient (Wildman–Crippen LogP) is 6.85. The molecule has 3 aliphatic rings. The van der Waals surface area contributed by atoms with Crippen molar-refractivity contribution in [3.05, 3.63) is 83.7 Å². The molecule has 3 N–H and O–H groups in total. The van der Waals surface area contributed by atoms with Crippen LogP contribution >= 0.6 is 12.4 Å². The van der Waals surface area contributed by atoms with Crippen LogP contribution in [-0.2, 0) is 16.9 Å². The summed E-state index contributed by atoms with van der Waals surface area (Å²) in [6.45, 7) is 2.34. The Morgan fingerprint density at radius 1 is 0.979 bits per heavy atom. The first-order chi connectivity index (χ1) is 22.5. The highest BCUT2D eigenvalue weighted by Crippen LogP contribution is 2.47. The summed E-state index contributed by atoms with van der Waals surface area (Å²) in [4.78, 5) is 36.0. The lowest BCUT2D eigenvalue weighted by Crippen LogP contribution is -2.54. The van der Waals surface area contributed by atoms with Gasteiger partial charge in [-0.05, 0) is 73.6 Å². The molecule has 9 nitrogen and oxygen atoms in total. The maximum absolute atomic E-state index is 14.3. The van der Waals surface area contributed by atoms with E-state index in [0.29, 0.717) is 56.4 Å². The maximum Gasteiger partial charge on any atom is 0.317 e. The molecule has 4 heterocycles. The summed E-state index contributed by atoms with van der Waals surface area (Å²) in [7, 11) is 0. The van der Waals surface area contributed by atoms with Crippen molar-refractivity contribution in [2.75, 3.05) is 26.2 Å². The number of para-hydroxylation sites is 3. The van der Waals surface area contributed by atoms with E-state index in [4.69, 9.17) is 9.72 Å². The number of piperidine rings is 1. The number of nitrogens with one attached hydrogen (secondary N) is 2. The van der Waals surface area contributed by atoms with E-state index in [0.717, 1.165) is 27.9 Å². The number of carboxylic acid groups (broad SMARTS) is 1. The van der Waals surface area contributed by atoms with Crippen LogP contribution in [0.3, 0.4) is 0 Å². The minimum atomic E-state index is -0.847. The highest BCUT2D eigenvalue weighted by atomic mass is 35.5. The molecular weight excluding hydrogens is 614 g/mol. The third-order valence-corrected chi connectivity index (χ3v) is 10.4. The summed E-state index contributed by atoms with van der Waals surface area (Å²) in [6, 6.07) is 22.4. The molecule has 2 aliphatic heterocycles. The first-order valence-corrected chi connectivity index (χ1v) is 16.6. The number of hydrogen-bond donors (Lipinski definition) is 3. The summed E-state index contributed by atoms with van der Waals surface area (Å²) in [6.07, 6.45) is 7.22. The van der Waals surface area contributed by atoms with Crippen LogP contribution in [-0.4, -0.2) is 62.7 Å². The summed E-state index contributed by atoms with van der Waals surface area (Å²) in [5.74, 6) is 1.10. The predicted molar refractivity (Wildman–Crippen MR) is 184 cm³/mol. The average Bonchev–Trinajstić information content (AvgIpc) is 3.60. The van der Waals surface area contributed by atoms with Gasteiger partial charge in [0.1, 0.15) is 23.7 Å². The first-order valence-electron chi connectivity index (χ1n) is 16.6. The Kier molecular flexibility index (Phi) is 8.45. The number of fused-ring (bicyclic) bond motifs is 6. The Bertz CT molecular complexity index is 1920. The van der Waals surface area contributed by atoms with E-state index in [2.05, 4.69) is 45.2 Å². The minimum absolute atomic E-state index is 0. The van der Waals surface area contributed by atoms with E-state index in [1.54, 1.807) is 0 Å². The molecule has 10 heteroatoms. The van der Waals surface area contributed by atoms with E-state index < -0.39 is 11.5 Å². The Hall–Kier alpha value is -4.34. The number of hydrogen-bond acceptors (Lipinski definition) is 5. The summed E-state index contributed by atoms with van der Waals surface area (Å²) >= 11 is 0. The smallest absolute Gasteiger partial charge is 0.317 e. The third kappa shape index (κ3) is 5.65. The fraction of sp³-hybridized carbons (Fsp3) is 0.378. The van der Waals surface area contributed by atoms with Gasteiger partial charge < -0.3 is 24.7 Å². The third-order valence-electron chi connectivity index (χ3n) is 10.4. The second-order valence-corrected chi connectivity index (χ2v) is 13.1. The van der Waals surface area contributed by atoms with Crippen LogP contribution in [0.4, 0.5) is 0 Å². The van der Waals surface area contributed by atoms with E-state index in [1.807, 2.05) is 41.3 Å². The molecule has 0 unspecified atom stereocenters. The fourth-order valence-electron chi connectivity index (χ4n) is 8.05. The Morgan fingerprint density at radius 2 is 1.74 bits per heavy atom. The highest BCUT2D eigenvalue weighted by molar-refractivity contribution is 6.01. The molecule has 244 valence electrons. The zero-order chi connectivity index (χ0) is 31.3. The van der Waals surface area contributed by atoms with Gasteiger partial charge in [0, 0.05) is 35.1 Å². The molecule has 47 heavy (non-hydrogen) atoms. The summed E-state index contributed by atoms with van der Waals surface area (Å²) in [5.41, 5.74) is 6.42. The number of nitrogens with zero attached hydrogens (tertiary/aromatic N) is 3. The van der Waals surface area contributed by atoms with Gasteiger partial charge in [0.05, 0.1) is 29.8 Å². The Labute approximate surface area is 279 Å². The van der Waals surface area contributed by atoms with Gasteiger partial charge in [-0.1, -0.05) is 49.6 Å². The Morgan fingerprint density at radius 3 is 2.53 bits per heavy atom. The number of aromatic nitrogens is 3. The fourth-order valence-corrected chi connectivity index (χ4v) is 8.05. The lowest BCUT2D eigenvalue weighted by molar-refractivity contribution is -0.138. The number of carbonyl (C=O) groups excluding carboxylic acids is 1. The van der Waals surface area contributed by atoms with Crippen molar-refractivity contribution in [2.24, 2.45) is 0 Å². The van der Waals surface area contributed by atoms with E-state index in [-0.39, 0.29) is 24.9 Å². The summed E-state index contributed by atoms with van der Waals surface area (Å²) < 4.78 is 8.60. The van der Waals surface area contributed by atoms with Crippen LogP contribution in [0.15, 0.2) is 66.7 Å². The van der Waals surface area contributed by atoms with Crippen molar-refractivity contribution in [3.63, 3.8) is 0 Å². The standard InChI is InChI=1S/C37H39N5O4.ClH/c43-32(44)23-41-18-16-37(17-19-41,36-38-28-11-5-6-12-29(28)39-36)40-35(45)25-14-15-26-30(22-25)42-20-21-46-31-13-7-4-10-27(31)34(42)33(26)24-8-2-1-3-9-24;/h4-7,10-15,22,24H,1-3,8-9,16-21,23H2,(H,38,39)(H,40,45)(H,43,44);1H. The normalized spacial score (nSPS) is 18.0. The molecule has 1 aliphatic carbocycles. The number of carbonyl (C=O) groups is 2. The number of aliphatic carboxylic acids is 1. The van der Waals surface area contributed by atoms with Crippen LogP contribution in [0.5, 0.6) is 5.75 Å². The monoisotopic (exact) mass is 653 g/mol. The van der Waals surface area contributed by atoms with Crippen LogP contribution in [0.2, 0.25) is 0 Å². The van der Waals surface area contributed by atoms with Crippen LogP contribution in [0.25, 0.3) is 33.2 Å². The number of H-pyrrole nitrogens is 1. The largest absolute Gasteiger partial charge is 0.491 e. The van der Waals surface area contributed by atoms with Gasteiger partial charge in [0.25, 0.3) is 5.91 Å². The molecule has 3 aromatic carbocycles. The molecule has 1 saturated carbocycles. The maximum atomic E-state index is 14.3. The van der Waals surface area contributed by atoms with Gasteiger partial charge in [-0.15, -0.1) is 12.4 Å². The molecule has 2 fully saturated rings. The van der Waals surface area contributed by atoms with E-state index in [1.165, 1.54) is 48.7 Å². The number of aromatic amines is 1. The lowest BCUT2D eigenvalue weighted by Gasteiger charge is -2.40. The summed E-state index contributed by atoms with van der Waals surface area (Å²) in [5, 5.41) is 14.0. The molecule has 0 atom stereocenters. The second kappa shape index (κ2) is 12.7. The number of amides is 1. The van der Waals surface area contributed by atoms with Crippen molar-refractivity contribution in [1.29, 1.82) is 0 Å². The molecule has 1 amide bonds. The molecule has 0 bridgehead atoms. The van der Waals surface area contributed by atoms with Crippen molar-refractivity contribution in [2.45, 2.75) is 62.9 Å². The molecule has 0 radical (unpaired) electrons. The zero-order valence-corrected chi connectivity index (χ0v) is 27.2. The van der Waals surface area contributed by atoms with Crippen molar-refractivity contribution < 1.29 is 19.4 Å². The SMILES string of the molecule is Cl.O=C(O)CN1CCC(NC(=O)c2ccc3c(C4CCCCC4)c4n(c3c2)CCOc2ccccc2-4)(c2nc3ccccc3[nH]2)CC1. The first kappa shape index (κ1) is 31.3. The van der Waals surface area contributed by atoms with Gasteiger partial charge in [-0.25, -0.2) is 4.98 Å². The number of benzene rings is 3. The van der Waals surface area contributed by atoms with Gasteiger partial charge in [0.15, 0.2) is 0 Å². The molecule has 2 aromatic heterocycles. The number of halogens is 1. The van der Waals surface area contributed by atoms with Gasteiger partial charge in [-0.2, -0.15) is 0 Å². The minimum Gasteiger partial charge on any atom is -0.491 e. The van der Waals surface area contributed by atoms with Gasteiger partial charge >= 0.3 is 5.97 Å². The number of ether oxygens (including phenoxy) is 1. The van der Waals surface area contributed by atoms with Gasteiger partial charge in [-0.3, -0.25) is 14.5 Å². The van der Waals surface area contributed by atoms with E-state index >= 15 is 0 Å². The quantitative estimate of drug-likeness (QED) is 0.185. The molecule has 0 spiro atoms. The topological polar surface area (TPSA) is 112 Å². The van der Waals surface area contributed by atoms with Gasteiger partial charge in [0.2, 0.25) is 0 Å². The Balaban J connectivity index is 0.00000351. The lowest BCUT2D eigenvalue weighted by atomic mass is 9.81. The highest BCUT2D eigenvalue weighted by Gasteiger charge is 2.41. The molecule has 8 rings (SSSR count). The van der Waals surface area contributed by atoms with Crippen LogP contribution in [0.1, 0.15) is 72.6 Å². The van der Waals surface area contributed by atoms with Crippen molar-refractivity contribution >= 4 is 46.2 Å². The molecular formula is C37H40ClN5O4. The molecule has 1 saturated heterocycles. The second-order valence-electron chi connectivity index (χ2n) is 13.1.